The molecule has 4 N–H and O–H groups in total. The van der Waals surface area contributed by atoms with Gasteiger partial charge in [0.15, 0.2) is 0 Å². The highest BCUT2D eigenvalue weighted by molar-refractivity contribution is 7.09. The van der Waals surface area contributed by atoms with Gasteiger partial charge < -0.3 is 16.4 Å². The lowest BCUT2D eigenvalue weighted by Gasteiger charge is -2.14. The standard InChI is InChI=1S/C12H15N5OS/c1-7(14-12-16-11(13)17-19-12)9-4-3-5-10(6-9)15-8(2)18/h3-7H,1-2H3,(H,15,18)(H3,13,14,16,17). The number of nitrogens with one attached hydrogen (secondary N) is 2. The van der Waals surface area contributed by atoms with Crippen LogP contribution in [-0.4, -0.2) is 15.3 Å². The van der Waals surface area contributed by atoms with Crippen molar-refractivity contribution in [3.8, 4) is 0 Å². The summed E-state index contributed by atoms with van der Waals surface area (Å²) >= 11 is 1.22. The Bertz CT molecular complexity index is 583. The molecule has 0 aliphatic heterocycles. The van der Waals surface area contributed by atoms with E-state index in [4.69, 9.17) is 5.73 Å². The molecule has 0 spiro atoms. The van der Waals surface area contributed by atoms with Crippen LogP contribution >= 0.6 is 11.5 Å². The van der Waals surface area contributed by atoms with Crippen LogP contribution in [0.3, 0.4) is 0 Å². The number of hydrogen-bond donors (Lipinski definition) is 3. The van der Waals surface area contributed by atoms with Gasteiger partial charge in [-0.05, 0) is 24.6 Å². The van der Waals surface area contributed by atoms with Gasteiger partial charge in [-0.3, -0.25) is 4.79 Å². The van der Waals surface area contributed by atoms with Gasteiger partial charge in [-0.1, -0.05) is 12.1 Å². The van der Waals surface area contributed by atoms with Crippen LogP contribution < -0.4 is 16.4 Å². The van der Waals surface area contributed by atoms with Crippen LogP contribution in [0.15, 0.2) is 24.3 Å². The molecule has 100 valence electrons. The van der Waals surface area contributed by atoms with Crippen LogP contribution in [0.2, 0.25) is 0 Å². The normalized spacial score (nSPS) is 11.9. The SMILES string of the molecule is CC(=O)Nc1cccc(C(C)Nc2nc(N)ns2)c1. The van der Waals surface area contributed by atoms with Crippen molar-refractivity contribution in [3.05, 3.63) is 29.8 Å². The molecule has 2 rings (SSSR count). The highest BCUT2D eigenvalue weighted by Gasteiger charge is 2.09. The van der Waals surface area contributed by atoms with E-state index in [9.17, 15) is 4.79 Å². The summed E-state index contributed by atoms with van der Waals surface area (Å²) in [6.45, 7) is 3.49. The summed E-state index contributed by atoms with van der Waals surface area (Å²) in [7, 11) is 0. The Kier molecular flexibility index (Phi) is 3.96. The number of aromatic nitrogens is 2. The molecule has 1 unspecified atom stereocenters. The molecule has 7 heteroatoms. The van der Waals surface area contributed by atoms with Crippen LogP contribution in [-0.2, 0) is 4.79 Å². The fourth-order valence-corrected chi connectivity index (χ4v) is 2.24. The molecule has 1 heterocycles. The van der Waals surface area contributed by atoms with E-state index in [-0.39, 0.29) is 17.9 Å². The molecule has 0 bridgehead atoms. The molecule has 1 amide bonds. The Morgan fingerprint density at radius 3 is 2.89 bits per heavy atom. The van der Waals surface area contributed by atoms with Gasteiger partial charge >= 0.3 is 0 Å². The van der Waals surface area contributed by atoms with Gasteiger partial charge in [0.05, 0.1) is 6.04 Å². The number of rotatable bonds is 4. The zero-order valence-electron chi connectivity index (χ0n) is 10.7. The van der Waals surface area contributed by atoms with Crippen LogP contribution in [0.1, 0.15) is 25.5 Å². The van der Waals surface area contributed by atoms with Gasteiger partial charge in [-0.15, -0.1) is 0 Å². The van der Waals surface area contributed by atoms with Crippen molar-refractivity contribution in [2.45, 2.75) is 19.9 Å². The molecule has 0 fully saturated rings. The molecule has 0 aliphatic rings. The number of benzene rings is 1. The monoisotopic (exact) mass is 277 g/mol. The first-order chi connectivity index (χ1) is 9.04. The fourth-order valence-electron chi connectivity index (χ4n) is 1.65. The molecule has 0 aliphatic carbocycles. The van der Waals surface area contributed by atoms with Crippen LogP contribution in [0.25, 0.3) is 0 Å². The maximum atomic E-state index is 11.0. The summed E-state index contributed by atoms with van der Waals surface area (Å²) in [6, 6.07) is 7.69. The lowest BCUT2D eigenvalue weighted by molar-refractivity contribution is -0.114. The van der Waals surface area contributed by atoms with Crippen LogP contribution in [0.5, 0.6) is 0 Å². The van der Waals surface area contributed by atoms with Gasteiger partial charge in [-0.2, -0.15) is 9.36 Å². The number of anilines is 3. The Balaban J connectivity index is 2.10. The molecule has 2 aromatic rings. The number of nitrogens with zero attached hydrogens (tertiary/aromatic N) is 2. The number of nitrogens with two attached hydrogens (primary N) is 1. The van der Waals surface area contributed by atoms with Crippen molar-refractivity contribution < 1.29 is 4.79 Å². The Labute approximate surface area is 115 Å². The first-order valence-electron chi connectivity index (χ1n) is 5.78. The summed E-state index contributed by atoms with van der Waals surface area (Å²) in [5, 5.41) is 6.64. The number of hydrogen-bond acceptors (Lipinski definition) is 6. The molecular weight excluding hydrogens is 262 g/mol. The third-order valence-corrected chi connectivity index (χ3v) is 3.15. The smallest absolute Gasteiger partial charge is 0.233 e. The average Bonchev–Trinajstić information content (AvgIpc) is 2.74. The highest BCUT2D eigenvalue weighted by Crippen LogP contribution is 2.23. The molecule has 6 nitrogen and oxygen atoms in total. The fraction of sp³-hybridized carbons (Fsp3) is 0.250. The van der Waals surface area contributed by atoms with Gasteiger partial charge in [0, 0.05) is 24.1 Å². The number of nitrogen functional groups attached to an aromatic ring is 1. The van der Waals surface area contributed by atoms with E-state index in [1.165, 1.54) is 18.5 Å². The van der Waals surface area contributed by atoms with Crippen molar-refractivity contribution in [1.82, 2.24) is 9.36 Å². The molecular formula is C12H15N5OS. The summed E-state index contributed by atoms with van der Waals surface area (Å²) in [6.07, 6.45) is 0. The first-order valence-corrected chi connectivity index (χ1v) is 6.55. The van der Waals surface area contributed by atoms with Crippen molar-refractivity contribution in [1.29, 1.82) is 0 Å². The molecule has 0 saturated carbocycles. The van der Waals surface area contributed by atoms with Crippen LogP contribution in [0.4, 0.5) is 16.8 Å². The minimum atomic E-state index is -0.0883. The Morgan fingerprint density at radius 2 is 2.26 bits per heavy atom. The zero-order valence-corrected chi connectivity index (χ0v) is 11.5. The average molecular weight is 277 g/mol. The maximum Gasteiger partial charge on any atom is 0.233 e. The quantitative estimate of drug-likeness (QED) is 0.797. The van der Waals surface area contributed by atoms with Crippen molar-refractivity contribution in [2.24, 2.45) is 0 Å². The largest absolute Gasteiger partial charge is 0.367 e. The highest BCUT2D eigenvalue weighted by atomic mass is 32.1. The minimum absolute atomic E-state index is 0.0426. The maximum absolute atomic E-state index is 11.0. The summed E-state index contributed by atoms with van der Waals surface area (Å²) in [4.78, 5) is 15.1. The van der Waals surface area contributed by atoms with Gasteiger partial charge in [0.2, 0.25) is 17.0 Å². The number of carbonyl (C=O) groups excluding carboxylic acids is 1. The van der Waals surface area contributed by atoms with Gasteiger partial charge in [0.1, 0.15) is 0 Å². The van der Waals surface area contributed by atoms with E-state index in [1.807, 2.05) is 31.2 Å². The molecule has 1 aromatic heterocycles. The molecule has 0 saturated heterocycles. The summed E-state index contributed by atoms with van der Waals surface area (Å²) in [5.74, 6) is 0.182. The Hall–Kier alpha value is -2.15. The summed E-state index contributed by atoms with van der Waals surface area (Å²) < 4.78 is 3.91. The van der Waals surface area contributed by atoms with E-state index in [0.29, 0.717) is 5.13 Å². The zero-order chi connectivity index (χ0) is 13.8. The van der Waals surface area contributed by atoms with E-state index < -0.39 is 0 Å². The lowest BCUT2D eigenvalue weighted by Crippen LogP contribution is -2.09. The second kappa shape index (κ2) is 5.66. The second-order valence-corrected chi connectivity index (χ2v) is 4.88. The van der Waals surface area contributed by atoms with Crippen LogP contribution in [0, 0.1) is 0 Å². The predicted octanol–water partition coefficient (Wildman–Crippen LogP) is 2.25. The van der Waals surface area contributed by atoms with E-state index in [1.54, 1.807) is 0 Å². The van der Waals surface area contributed by atoms with Crippen molar-refractivity contribution in [2.75, 3.05) is 16.4 Å². The summed E-state index contributed by atoms with van der Waals surface area (Å²) in [5.41, 5.74) is 7.29. The van der Waals surface area contributed by atoms with E-state index >= 15 is 0 Å². The minimum Gasteiger partial charge on any atom is -0.367 e. The first kappa shape index (κ1) is 13.3. The van der Waals surface area contributed by atoms with E-state index in [2.05, 4.69) is 20.0 Å². The predicted molar refractivity (Wildman–Crippen MR) is 77.1 cm³/mol. The number of amides is 1. The van der Waals surface area contributed by atoms with Gasteiger partial charge in [-0.25, -0.2) is 0 Å². The van der Waals surface area contributed by atoms with Gasteiger partial charge in [0.25, 0.3) is 0 Å². The third-order valence-electron chi connectivity index (χ3n) is 2.49. The Morgan fingerprint density at radius 1 is 1.47 bits per heavy atom. The molecule has 0 radical (unpaired) electrons. The van der Waals surface area contributed by atoms with Crippen molar-refractivity contribution >= 4 is 34.2 Å². The van der Waals surface area contributed by atoms with Crippen molar-refractivity contribution in [3.63, 3.8) is 0 Å². The molecule has 1 aromatic carbocycles. The second-order valence-electron chi connectivity index (χ2n) is 4.13. The van der Waals surface area contributed by atoms with E-state index in [0.717, 1.165) is 11.3 Å². The topological polar surface area (TPSA) is 92.9 Å². The lowest BCUT2D eigenvalue weighted by atomic mass is 10.1. The number of carbonyl (C=O) groups is 1. The third kappa shape index (κ3) is 3.65. The molecule has 1 atom stereocenters. The molecule has 19 heavy (non-hydrogen) atoms.